The molecule has 6 nitrogen and oxygen atoms in total. The second-order valence-electron chi connectivity index (χ2n) is 9.53. The van der Waals surface area contributed by atoms with E-state index in [-0.39, 0.29) is 23.1 Å². The molecule has 2 amide bonds. The number of aryl methyl sites for hydroxylation is 1. The second-order valence-corrected chi connectivity index (χ2v) is 9.53. The fourth-order valence-electron chi connectivity index (χ4n) is 4.28. The minimum absolute atomic E-state index is 0.0264. The van der Waals surface area contributed by atoms with Crippen molar-refractivity contribution in [2.45, 2.75) is 58.9 Å². The van der Waals surface area contributed by atoms with Crippen molar-refractivity contribution < 1.29 is 14.0 Å². The van der Waals surface area contributed by atoms with E-state index in [0.717, 1.165) is 34.9 Å². The number of fused-ring (bicyclic) bond motifs is 1. The average Bonchev–Trinajstić information content (AvgIpc) is 3.17. The standard InChI is InChI=1S/C24H31N3O3/c1-16-7-5-6-8-18(16)22(29)26-12-9-17(10-13-26)21(28)27-14-11-20-19(15-27)25-23(30-20)24(2,3)4/h5-8,17H,9-15H2,1-4H3. The predicted molar refractivity (Wildman–Crippen MR) is 114 cm³/mol. The average molecular weight is 410 g/mol. The van der Waals surface area contributed by atoms with Gasteiger partial charge in [-0.05, 0) is 31.4 Å². The van der Waals surface area contributed by atoms with Crippen molar-refractivity contribution in [1.29, 1.82) is 0 Å². The van der Waals surface area contributed by atoms with Crippen LogP contribution >= 0.6 is 0 Å². The molecule has 0 aliphatic carbocycles. The first-order valence-corrected chi connectivity index (χ1v) is 10.9. The number of rotatable bonds is 2. The lowest BCUT2D eigenvalue weighted by Crippen LogP contribution is -2.45. The van der Waals surface area contributed by atoms with Crippen LogP contribution in [0, 0.1) is 12.8 Å². The third-order valence-electron chi connectivity index (χ3n) is 6.19. The molecular formula is C24H31N3O3. The van der Waals surface area contributed by atoms with E-state index < -0.39 is 0 Å². The SMILES string of the molecule is Cc1ccccc1C(=O)N1CCC(C(=O)N2CCc3oc(C(C)(C)C)nc3C2)CC1. The van der Waals surface area contributed by atoms with E-state index in [9.17, 15) is 9.59 Å². The van der Waals surface area contributed by atoms with E-state index in [1.807, 2.05) is 41.0 Å². The Morgan fingerprint density at radius 1 is 1.07 bits per heavy atom. The van der Waals surface area contributed by atoms with Crippen molar-refractivity contribution in [2.75, 3.05) is 19.6 Å². The molecule has 0 radical (unpaired) electrons. The first kappa shape index (κ1) is 20.6. The van der Waals surface area contributed by atoms with Crippen molar-refractivity contribution in [3.8, 4) is 0 Å². The van der Waals surface area contributed by atoms with Gasteiger partial charge in [-0.3, -0.25) is 9.59 Å². The van der Waals surface area contributed by atoms with Crippen LogP contribution in [0.5, 0.6) is 0 Å². The largest absolute Gasteiger partial charge is 0.445 e. The number of piperidine rings is 1. The number of likely N-dealkylation sites (tertiary alicyclic amines) is 1. The van der Waals surface area contributed by atoms with Gasteiger partial charge >= 0.3 is 0 Å². The van der Waals surface area contributed by atoms with Crippen LogP contribution < -0.4 is 0 Å². The van der Waals surface area contributed by atoms with Gasteiger partial charge in [-0.25, -0.2) is 4.98 Å². The summed E-state index contributed by atoms with van der Waals surface area (Å²) in [5, 5.41) is 0. The Labute approximate surface area is 178 Å². The number of carbonyl (C=O) groups is 2. The van der Waals surface area contributed by atoms with Crippen LogP contribution in [0.4, 0.5) is 0 Å². The number of aromatic nitrogens is 1. The highest BCUT2D eigenvalue weighted by Gasteiger charge is 2.34. The van der Waals surface area contributed by atoms with E-state index in [1.54, 1.807) is 0 Å². The maximum absolute atomic E-state index is 13.1. The highest BCUT2D eigenvalue weighted by Crippen LogP contribution is 2.29. The molecule has 2 aliphatic heterocycles. The predicted octanol–water partition coefficient (Wildman–Crippen LogP) is 3.72. The Bertz CT molecular complexity index is 949. The Morgan fingerprint density at radius 2 is 1.77 bits per heavy atom. The summed E-state index contributed by atoms with van der Waals surface area (Å²) in [6, 6.07) is 7.68. The molecule has 0 N–H and O–H groups in total. The summed E-state index contributed by atoms with van der Waals surface area (Å²) in [4.78, 5) is 34.4. The highest BCUT2D eigenvalue weighted by molar-refractivity contribution is 5.95. The minimum atomic E-state index is -0.136. The first-order valence-electron chi connectivity index (χ1n) is 10.9. The molecule has 6 heteroatoms. The van der Waals surface area contributed by atoms with E-state index >= 15 is 0 Å². The summed E-state index contributed by atoms with van der Waals surface area (Å²) in [5.41, 5.74) is 2.51. The summed E-state index contributed by atoms with van der Waals surface area (Å²) >= 11 is 0. The monoisotopic (exact) mass is 409 g/mol. The third kappa shape index (κ3) is 4.00. The number of nitrogens with zero attached hydrogens (tertiary/aromatic N) is 3. The summed E-state index contributed by atoms with van der Waals surface area (Å²) < 4.78 is 5.94. The molecule has 2 aliphatic rings. The second kappa shape index (κ2) is 7.89. The lowest BCUT2D eigenvalue weighted by Gasteiger charge is -2.35. The van der Waals surface area contributed by atoms with Crippen molar-refractivity contribution in [3.63, 3.8) is 0 Å². The van der Waals surface area contributed by atoms with Crippen LogP contribution in [0.15, 0.2) is 28.7 Å². The highest BCUT2D eigenvalue weighted by atomic mass is 16.4. The Morgan fingerprint density at radius 3 is 2.43 bits per heavy atom. The van der Waals surface area contributed by atoms with Gasteiger partial charge in [-0.15, -0.1) is 0 Å². The van der Waals surface area contributed by atoms with Crippen LogP contribution in [-0.2, 0) is 23.2 Å². The van der Waals surface area contributed by atoms with Crippen LogP contribution in [0.1, 0.15) is 66.9 Å². The molecule has 1 saturated heterocycles. The van der Waals surface area contributed by atoms with Gasteiger partial charge in [0.1, 0.15) is 11.5 Å². The fraction of sp³-hybridized carbons (Fsp3) is 0.542. The molecule has 2 aromatic rings. The molecule has 1 aromatic heterocycles. The van der Waals surface area contributed by atoms with Gasteiger partial charge in [0.05, 0.1) is 6.54 Å². The zero-order valence-electron chi connectivity index (χ0n) is 18.4. The number of carbonyl (C=O) groups excluding carboxylic acids is 2. The molecule has 0 spiro atoms. The van der Waals surface area contributed by atoms with Gasteiger partial charge < -0.3 is 14.2 Å². The molecule has 1 aromatic carbocycles. The van der Waals surface area contributed by atoms with Crippen molar-refractivity contribution in [2.24, 2.45) is 5.92 Å². The van der Waals surface area contributed by atoms with Crippen LogP contribution in [-0.4, -0.2) is 46.2 Å². The summed E-state index contributed by atoms with van der Waals surface area (Å²) in [5.74, 6) is 1.89. The zero-order valence-corrected chi connectivity index (χ0v) is 18.4. The maximum atomic E-state index is 13.1. The van der Waals surface area contributed by atoms with Crippen molar-refractivity contribution in [3.05, 3.63) is 52.7 Å². The fourth-order valence-corrected chi connectivity index (χ4v) is 4.28. The molecule has 160 valence electrons. The molecular weight excluding hydrogens is 378 g/mol. The molecule has 1 fully saturated rings. The number of benzene rings is 1. The number of hydrogen-bond donors (Lipinski definition) is 0. The van der Waals surface area contributed by atoms with Gasteiger partial charge in [-0.2, -0.15) is 0 Å². The normalized spacial score (nSPS) is 17.7. The summed E-state index contributed by atoms with van der Waals surface area (Å²) in [6.07, 6.45) is 2.15. The van der Waals surface area contributed by atoms with Crippen molar-refractivity contribution in [1.82, 2.24) is 14.8 Å². The topological polar surface area (TPSA) is 66.7 Å². The molecule has 0 unspecified atom stereocenters. The molecule has 0 saturated carbocycles. The number of oxazole rings is 1. The Hall–Kier alpha value is -2.63. The van der Waals surface area contributed by atoms with Crippen LogP contribution in [0.2, 0.25) is 0 Å². The smallest absolute Gasteiger partial charge is 0.254 e. The molecule has 3 heterocycles. The Kier molecular flexibility index (Phi) is 5.43. The van der Waals surface area contributed by atoms with Gasteiger partial charge in [0, 0.05) is 43.0 Å². The molecule has 0 atom stereocenters. The van der Waals surface area contributed by atoms with E-state index in [4.69, 9.17) is 4.42 Å². The minimum Gasteiger partial charge on any atom is -0.445 e. The van der Waals surface area contributed by atoms with Gasteiger partial charge in [0.25, 0.3) is 5.91 Å². The van der Waals surface area contributed by atoms with Gasteiger partial charge in [-0.1, -0.05) is 39.0 Å². The van der Waals surface area contributed by atoms with Gasteiger partial charge in [0.15, 0.2) is 5.89 Å². The van der Waals surface area contributed by atoms with E-state index in [0.29, 0.717) is 39.0 Å². The van der Waals surface area contributed by atoms with Crippen molar-refractivity contribution >= 4 is 11.8 Å². The van der Waals surface area contributed by atoms with Crippen LogP contribution in [0.25, 0.3) is 0 Å². The quantitative estimate of drug-likeness (QED) is 0.758. The van der Waals surface area contributed by atoms with Gasteiger partial charge in [0.2, 0.25) is 5.91 Å². The van der Waals surface area contributed by atoms with E-state index in [2.05, 4.69) is 25.8 Å². The lowest BCUT2D eigenvalue weighted by atomic mass is 9.93. The summed E-state index contributed by atoms with van der Waals surface area (Å²) in [7, 11) is 0. The first-order chi connectivity index (χ1) is 14.2. The summed E-state index contributed by atoms with van der Waals surface area (Å²) in [6.45, 7) is 10.7. The third-order valence-corrected chi connectivity index (χ3v) is 6.19. The Balaban J connectivity index is 1.36. The molecule has 4 rings (SSSR count). The van der Waals surface area contributed by atoms with Crippen LogP contribution in [0.3, 0.4) is 0 Å². The molecule has 0 bridgehead atoms. The zero-order chi connectivity index (χ0) is 21.5. The maximum Gasteiger partial charge on any atom is 0.254 e. The lowest BCUT2D eigenvalue weighted by molar-refractivity contribution is -0.138. The van der Waals surface area contributed by atoms with E-state index in [1.165, 1.54) is 0 Å². The molecule has 30 heavy (non-hydrogen) atoms. The number of amides is 2. The number of hydrogen-bond acceptors (Lipinski definition) is 4.